The Morgan fingerprint density at radius 2 is 1.94 bits per heavy atom. The minimum atomic E-state index is 0. The molecule has 2 heterocycles. The van der Waals surface area contributed by atoms with Crippen LogP contribution in [0.2, 0.25) is 0 Å². The van der Waals surface area contributed by atoms with Gasteiger partial charge in [-0.25, -0.2) is 4.98 Å². The quantitative estimate of drug-likeness (QED) is 0.748. The van der Waals surface area contributed by atoms with Crippen molar-refractivity contribution in [3.05, 3.63) is 42.0 Å². The SMILES string of the molecule is Br.Oc1ccc(-c2cn3ccsc3n2)cc1. The van der Waals surface area contributed by atoms with Crippen molar-refractivity contribution < 1.29 is 5.11 Å². The van der Waals surface area contributed by atoms with Crippen LogP contribution in [0, 0.1) is 0 Å². The molecule has 3 nitrogen and oxygen atoms in total. The molecule has 16 heavy (non-hydrogen) atoms. The fraction of sp³-hybridized carbons (Fsp3) is 0. The van der Waals surface area contributed by atoms with Crippen LogP contribution in [-0.2, 0) is 0 Å². The number of rotatable bonds is 1. The zero-order valence-electron chi connectivity index (χ0n) is 8.20. The molecule has 5 heteroatoms. The van der Waals surface area contributed by atoms with Crippen LogP contribution in [0.5, 0.6) is 5.75 Å². The van der Waals surface area contributed by atoms with E-state index in [0.29, 0.717) is 0 Å². The van der Waals surface area contributed by atoms with Gasteiger partial charge in [-0.05, 0) is 24.3 Å². The minimum Gasteiger partial charge on any atom is -0.508 e. The molecule has 0 amide bonds. The third kappa shape index (κ3) is 1.83. The Morgan fingerprint density at radius 3 is 2.62 bits per heavy atom. The molecule has 0 saturated heterocycles. The fourth-order valence-corrected chi connectivity index (χ4v) is 2.20. The molecule has 0 radical (unpaired) electrons. The van der Waals surface area contributed by atoms with E-state index in [1.54, 1.807) is 23.5 Å². The van der Waals surface area contributed by atoms with Crippen molar-refractivity contribution in [1.29, 1.82) is 0 Å². The van der Waals surface area contributed by atoms with E-state index in [4.69, 9.17) is 0 Å². The first-order valence-electron chi connectivity index (χ1n) is 4.54. The number of hydrogen-bond acceptors (Lipinski definition) is 3. The van der Waals surface area contributed by atoms with E-state index >= 15 is 0 Å². The van der Waals surface area contributed by atoms with Crippen molar-refractivity contribution in [1.82, 2.24) is 9.38 Å². The van der Waals surface area contributed by atoms with Gasteiger partial charge in [-0.15, -0.1) is 28.3 Å². The second-order valence-corrected chi connectivity index (χ2v) is 4.14. The van der Waals surface area contributed by atoms with Crippen molar-refractivity contribution in [2.24, 2.45) is 0 Å². The molecule has 1 aromatic carbocycles. The highest BCUT2D eigenvalue weighted by molar-refractivity contribution is 8.93. The summed E-state index contributed by atoms with van der Waals surface area (Å²) < 4.78 is 1.99. The molecular weight excluding hydrogens is 288 g/mol. The number of aromatic hydroxyl groups is 1. The number of phenolic OH excluding ortho intramolecular Hbond substituents is 1. The van der Waals surface area contributed by atoms with Gasteiger partial charge in [-0.1, -0.05) is 0 Å². The van der Waals surface area contributed by atoms with E-state index in [1.807, 2.05) is 34.3 Å². The number of phenols is 1. The molecule has 0 bridgehead atoms. The third-order valence-corrected chi connectivity index (χ3v) is 3.03. The largest absolute Gasteiger partial charge is 0.508 e. The number of thiazole rings is 1. The summed E-state index contributed by atoms with van der Waals surface area (Å²) in [5.74, 6) is 0.278. The molecule has 0 atom stereocenters. The Labute approximate surface area is 107 Å². The topological polar surface area (TPSA) is 37.5 Å². The first-order chi connectivity index (χ1) is 7.33. The Hall–Kier alpha value is -1.33. The van der Waals surface area contributed by atoms with Gasteiger partial charge < -0.3 is 5.11 Å². The minimum absolute atomic E-state index is 0. The number of aromatic nitrogens is 2. The lowest BCUT2D eigenvalue weighted by Gasteiger charge is -1.95. The van der Waals surface area contributed by atoms with Crippen LogP contribution in [0.3, 0.4) is 0 Å². The van der Waals surface area contributed by atoms with Crippen molar-refractivity contribution in [3.63, 3.8) is 0 Å². The summed E-state index contributed by atoms with van der Waals surface area (Å²) >= 11 is 1.61. The maximum Gasteiger partial charge on any atom is 0.194 e. The Bertz CT molecular complexity index is 571. The normalized spacial score (nSPS) is 10.2. The Morgan fingerprint density at radius 1 is 1.19 bits per heavy atom. The second kappa shape index (κ2) is 4.27. The summed E-state index contributed by atoms with van der Waals surface area (Å²) in [5, 5.41) is 11.2. The molecule has 0 unspecified atom stereocenters. The van der Waals surface area contributed by atoms with Crippen LogP contribution in [0.15, 0.2) is 42.0 Å². The monoisotopic (exact) mass is 296 g/mol. The highest BCUT2D eigenvalue weighted by atomic mass is 79.9. The van der Waals surface area contributed by atoms with Crippen molar-refractivity contribution in [2.45, 2.75) is 0 Å². The van der Waals surface area contributed by atoms with Gasteiger partial charge >= 0.3 is 0 Å². The molecule has 0 spiro atoms. The summed E-state index contributed by atoms with van der Waals surface area (Å²) in [4.78, 5) is 5.46. The van der Waals surface area contributed by atoms with Crippen molar-refractivity contribution in [3.8, 4) is 17.0 Å². The van der Waals surface area contributed by atoms with Crippen LogP contribution < -0.4 is 0 Å². The highest BCUT2D eigenvalue weighted by Gasteiger charge is 2.04. The number of halogens is 1. The summed E-state index contributed by atoms with van der Waals surface area (Å²) in [6.45, 7) is 0. The van der Waals surface area contributed by atoms with E-state index in [9.17, 15) is 5.11 Å². The van der Waals surface area contributed by atoms with E-state index < -0.39 is 0 Å². The number of imidazole rings is 1. The lowest BCUT2D eigenvalue weighted by Crippen LogP contribution is -1.75. The van der Waals surface area contributed by atoms with Crippen LogP contribution in [0.4, 0.5) is 0 Å². The van der Waals surface area contributed by atoms with Crippen LogP contribution in [0.1, 0.15) is 0 Å². The zero-order valence-corrected chi connectivity index (χ0v) is 10.7. The molecule has 2 aromatic heterocycles. The van der Waals surface area contributed by atoms with E-state index in [-0.39, 0.29) is 22.7 Å². The zero-order chi connectivity index (χ0) is 10.3. The van der Waals surface area contributed by atoms with Crippen LogP contribution >= 0.6 is 28.3 Å². The molecule has 0 aliphatic rings. The number of hydrogen-bond donors (Lipinski definition) is 1. The van der Waals surface area contributed by atoms with Gasteiger partial charge in [-0.3, -0.25) is 4.40 Å². The molecule has 3 rings (SSSR count). The van der Waals surface area contributed by atoms with E-state index in [2.05, 4.69) is 4.98 Å². The van der Waals surface area contributed by atoms with Gasteiger partial charge in [0.1, 0.15) is 5.75 Å². The third-order valence-electron chi connectivity index (χ3n) is 2.26. The summed E-state index contributed by atoms with van der Waals surface area (Å²) in [7, 11) is 0. The summed E-state index contributed by atoms with van der Waals surface area (Å²) in [5.41, 5.74) is 1.95. The molecule has 0 saturated carbocycles. The molecule has 0 aliphatic carbocycles. The molecule has 82 valence electrons. The van der Waals surface area contributed by atoms with Gasteiger partial charge in [0.05, 0.1) is 5.69 Å². The van der Waals surface area contributed by atoms with E-state index in [1.165, 1.54) is 0 Å². The number of nitrogens with zero attached hydrogens (tertiary/aromatic N) is 2. The number of benzene rings is 1. The lowest BCUT2D eigenvalue weighted by molar-refractivity contribution is 0.475. The smallest absolute Gasteiger partial charge is 0.194 e. The first kappa shape index (κ1) is 11.2. The fourth-order valence-electron chi connectivity index (χ4n) is 1.50. The van der Waals surface area contributed by atoms with E-state index in [0.717, 1.165) is 16.2 Å². The van der Waals surface area contributed by atoms with Gasteiger partial charge in [-0.2, -0.15) is 0 Å². The standard InChI is InChI=1S/C11H8N2OS.BrH/c14-9-3-1-8(2-4-9)10-7-13-5-6-15-11(13)12-10;/h1-7,14H;1H. The summed E-state index contributed by atoms with van der Waals surface area (Å²) in [6, 6.07) is 7.06. The Balaban J connectivity index is 0.000000963. The molecular formula is C11H9BrN2OS. The second-order valence-electron chi connectivity index (χ2n) is 3.27. The van der Waals surface area contributed by atoms with Crippen molar-refractivity contribution in [2.75, 3.05) is 0 Å². The predicted octanol–water partition coefficient (Wildman–Crippen LogP) is 3.35. The average molecular weight is 297 g/mol. The van der Waals surface area contributed by atoms with Gasteiger partial charge in [0, 0.05) is 23.3 Å². The lowest BCUT2D eigenvalue weighted by atomic mass is 10.2. The molecule has 0 fully saturated rings. The highest BCUT2D eigenvalue weighted by Crippen LogP contribution is 2.22. The predicted molar refractivity (Wildman–Crippen MR) is 70.5 cm³/mol. The maximum atomic E-state index is 9.18. The van der Waals surface area contributed by atoms with Crippen molar-refractivity contribution >= 4 is 33.3 Å². The Kier molecular flexibility index (Phi) is 2.98. The van der Waals surface area contributed by atoms with Crippen LogP contribution in [-0.4, -0.2) is 14.5 Å². The molecule has 3 aromatic rings. The number of fused-ring (bicyclic) bond motifs is 1. The molecule has 1 N–H and O–H groups in total. The maximum absolute atomic E-state index is 9.18. The van der Waals surface area contributed by atoms with Gasteiger partial charge in [0.15, 0.2) is 4.96 Å². The first-order valence-corrected chi connectivity index (χ1v) is 5.42. The summed E-state index contributed by atoms with van der Waals surface area (Å²) in [6.07, 6.45) is 3.97. The van der Waals surface area contributed by atoms with Gasteiger partial charge in [0.25, 0.3) is 0 Å². The average Bonchev–Trinajstić information content (AvgIpc) is 2.78. The van der Waals surface area contributed by atoms with Gasteiger partial charge in [0.2, 0.25) is 0 Å². The van der Waals surface area contributed by atoms with Crippen LogP contribution in [0.25, 0.3) is 16.2 Å². The molecule has 0 aliphatic heterocycles.